The summed E-state index contributed by atoms with van der Waals surface area (Å²) >= 11 is 1.58. The number of carbonyl (C=O) groups is 1. The Labute approximate surface area is 117 Å². The molecule has 1 aliphatic rings. The second-order valence-corrected chi connectivity index (χ2v) is 5.54. The Kier molecular flexibility index (Phi) is 5.10. The Morgan fingerprint density at radius 2 is 2.32 bits per heavy atom. The van der Waals surface area contributed by atoms with Crippen LogP contribution in [0.4, 0.5) is 0 Å². The Bertz CT molecular complexity index is 438. The summed E-state index contributed by atoms with van der Waals surface area (Å²) < 4.78 is 10.5. The number of nitrogens with one attached hydrogen (secondary N) is 1. The minimum atomic E-state index is -0.195. The number of fused-ring (bicyclic) bond motifs is 1. The van der Waals surface area contributed by atoms with Crippen LogP contribution >= 0.6 is 11.8 Å². The quantitative estimate of drug-likeness (QED) is 0.837. The van der Waals surface area contributed by atoms with Gasteiger partial charge in [0, 0.05) is 5.56 Å². The van der Waals surface area contributed by atoms with Gasteiger partial charge < -0.3 is 14.8 Å². The molecule has 19 heavy (non-hydrogen) atoms. The summed E-state index contributed by atoms with van der Waals surface area (Å²) in [4.78, 5) is 11.3. The molecule has 0 radical (unpaired) electrons. The molecule has 4 nitrogen and oxygen atoms in total. The topological polar surface area (TPSA) is 47.6 Å². The fourth-order valence-corrected chi connectivity index (χ4v) is 3.24. The van der Waals surface area contributed by atoms with Gasteiger partial charge in [-0.05, 0) is 12.6 Å². The largest absolute Gasteiger partial charge is 0.492 e. The van der Waals surface area contributed by atoms with E-state index in [1.807, 2.05) is 18.2 Å². The van der Waals surface area contributed by atoms with Crippen LogP contribution in [0.15, 0.2) is 24.3 Å². The summed E-state index contributed by atoms with van der Waals surface area (Å²) in [7, 11) is 1.41. The van der Waals surface area contributed by atoms with Gasteiger partial charge in [-0.1, -0.05) is 25.1 Å². The zero-order valence-electron chi connectivity index (χ0n) is 11.2. The minimum Gasteiger partial charge on any atom is -0.492 e. The predicted molar refractivity (Wildman–Crippen MR) is 76.6 cm³/mol. The van der Waals surface area contributed by atoms with E-state index in [0.717, 1.165) is 17.9 Å². The lowest BCUT2D eigenvalue weighted by molar-refractivity contribution is -0.137. The Morgan fingerprint density at radius 3 is 3.05 bits per heavy atom. The number of ether oxygens (including phenoxy) is 2. The number of hydrogen-bond acceptors (Lipinski definition) is 5. The zero-order chi connectivity index (χ0) is 13.7. The molecule has 0 saturated heterocycles. The van der Waals surface area contributed by atoms with Crippen LogP contribution in [0.1, 0.15) is 18.5 Å². The van der Waals surface area contributed by atoms with E-state index in [-0.39, 0.29) is 17.3 Å². The van der Waals surface area contributed by atoms with Crippen molar-refractivity contribution in [2.45, 2.75) is 18.2 Å². The molecule has 0 aliphatic carbocycles. The molecule has 5 heteroatoms. The number of carbonyl (C=O) groups excluding carboxylic acids is 1. The van der Waals surface area contributed by atoms with Gasteiger partial charge >= 0.3 is 5.97 Å². The summed E-state index contributed by atoms with van der Waals surface area (Å²) in [6, 6.07) is 8.27. The van der Waals surface area contributed by atoms with Gasteiger partial charge in [-0.15, -0.1) is 11.8 Å². The van der Waals surface area contributed by atoms with Crippen LogP contribution in [0, 0.1) is 0 Å². The van der Waals surface area contributed by atoms with Crippen molar-refractivity contribution in [3.05, 3.63) is 29.8 Å². The third kappa shape index (κ3) is 3.42. The normalized spacial score (nSPS) is 21.4. The highest BCUT2D eigenvalue weighted by molar-refractivity contribution is 8.00. The van der Waals surface area contributed by atoms with E-state index in [2.05, 4.69) is 23.0 Å². The molecule has 2 unspecified atom stereocenters. The smallest absolute Gasteiger partial charge is 0.315 e. The van der Waals surface area contributed by atoms with Crippen molar-refractivity contribution >= 4 is 17.7 Å². The van der Waals surface area contributed by atoms with Crippen LogP contribution in [0.3, 0.4) is 0 Å². The third-order valence-corrected chi connectivity index (χ3v) is 4.33. The summed E-state index contributed by atoms with van der Waals surface area (Å²) in [5.41, 5.74) is 1.16. The number of methoxy groups -OCH3 is 1. The average molecular weight is 281 g/mol. The average Bonchev–Trinajstić information content (AvgIpc) is 2.46. The van der Waals surface area contributed by atoms with Crippen LogP contribution in [0.2, 0.25) is 0 Å². The summed E-state index contributed by atoms with van der Waals surface area (Å²) in [6.07, 6.45) is 0. The molecule has 1 aromatic rings. The molecule has 0 fully saturated rings. The van der Waals surface area contributed by atoms with Crippen molar-refractivity contribution in [3.8, 4) is 5.75 Å². The maximum Gasteiger partial charge on any atom is 0.315 e. The first-order chi connectivity index (χ1) is 9.26. The van der Waals surface area contributed by atoms with E-state index in [4.69, 9.17) is 4.74 Å². The van der Waals surface area contributed by atoms with Gasteiger partial charge in [-0.2, -0.15) is 0 Å². The van der Waals surface area contributed by atoms with Crippen molar-refractivity contribution in [2.75, 3.05) is 26.0 Å². The number of hydrogen-bond donors (Lipinski definition) is 1. The molecule has 1 N–H and O–H groups in total. The van der Waals surface area contributed by atoms with Crippen molar-refractivity contribution in [1.82, 2.24) is 5.32 Å². The van der Waals surface area contributed by atoms with Gasteiger partial charge in [0.15, 0.2) is 0 Å². The molecule has 104 valence electrons. The van der Waals surface area contributed by atoms with Gasteiger partial charge in [-0.25, -0.2) is 0 Å². The molecule has 0 aromatic heterocycles. The second-order valence-electron chi connectivity index (χ2n) is 4.31. The van der Waals surface area contributed by atoms with Crippen molar-refractivity contribution in [1.29, 1.82) is 0 Å². The molecule has 1 aromatic carbocycles. The lowest BCUT2D eigenvalue weighted by Crippen LogP contribution is -2.38. The van der Waals surface area contributed by atoms with Crippen molar-refractivity contribution < 1.29 is 14.3 Å². The minimum absolute atomic E-state index is 0.195. The molecule has 1 aliphatic heterocycles. The van der Waals surface area contributed by atoms with Gasteiger partial charge in [0.2, 0.25) is 0 Å². The van der Waals surface area contributed by atoms with Gasteiger partial charge in [-0.3, -0.25) is 4.79 Å². The molecular formula is C14H19NO3S. The van der Waals surface area contributed by atoms with Crippen molar-refractivity contribution in [3.63, 3.8) is 0 Å². The molecule has 1 heterocycles. The summed E-state index contributed by atoms with van der Waals surface area (Å²) in [5.74, 6) is 1.09. The highest BCUT2D eigenvalue weighted by atomic mass is 32.2. The van der Waals surface area contributed by atoms with Gasteiger partial charge in [0.05, 0.1) is 24.2 Å². The highest BCUT2D eigenvalue weighted by Crippen LogP contribution is 2.37. The SMILES string of the molecule is CCNC1c2ccccc2OCC1SCC(=O)OC. The van der Waals surface area contributed by atoms with Gasteiger partial charge in [0.25, 0.3) is 0 Å². The first-order valence-corrected chi connectivity index (χ1v) is 7.44. The van der Waals surface area contributed by atoms with Gasteiger partial charge in [0.1, 0.15) is 12.4 Å². The zero-order valence-corrected chi connectivity index (χ0v) is 12.0. The number of para-hydroxylation sites is 1. The standard InChI is InChI=1S/C14H19NO3S/c1-3-15-14-10-6-4-5-7-11(10)18-8-12(14)19-9-13(16)17-2/h4-7,12,14-15H,3,8-9H2,1-2H3. The van der Waals surface area contributed by atoms with Crippen LogP contribution in [0.5, 0.6) is 5.75 Å². The first kappa shape index (κ1) is 14.2. The number of rotatable bonds is 5. The molecule has 0 bridgehead atoms. The lowest BCUT2D eigenvalue weighted by Gasteiger charge is -2.33. The third-order valence-electron chi connectivity index (χ3n) is 3.10. The molecule has 0 spiro atoms. The fourth-order valence-electron chi connectivity index (χ4n) is 2.18. The molecular weight excluding hydrogens is 262 g/mol. The number of benzene rings is 1. The summed E-state index contributed by atoms with van der Waals surface area (Å²) in [5, 5.41) is 3.70. The first-order valence-electron chi connectivity index (χ1n) is 6.39. The maximum absolute atomic E-state index is 11.3. The van der Waals surface area contributed by atoms with E-state index in [0.29, 0.717) is 12.4 Å². The van der Waals surface area contributed by atoms with Crippen LogP contribution < -0.4 is 10.1 Å². The number of esters is 1. The second kappa shape index (κ2) is 6.82. The van der Waals surface area contributed by atoms with E-state index in [1.165, 1.54) is 7.11 Å². The van der Waals surface area contributed by atoms with Crippen molar-refractivity contribution in [2.24, 2.45) is 0 Å². The van der Waals surface area contributed by atoms with Crippen LogP contribution in [0.25, 0.3) is 0 Å². The fraction of sp³-hybridized carbons (Fsp3) is 0.500. The Balaban J connectivity index is 2.10. The highest BCUT2D eigenvalue weighted by Gasteiger charge is 2.30. The molecule has 0 saturated carbocycles. The van der Waals surface area contributed by atoms with Crippen LogP contribution in [-0.4, -0.2) is 37.2 Å². The van der Waals surface area contributed by atoms with E-state index in [9.17, 15) is 4.79 Å². The Hall–Kier alpha value is -1.20. The monoisotopic (exact) mass is 281 g/mol. The molecule has 0 amide bonds. The maximum atomic E-state index is 11.3. The lowest BCUT2D eigenvalue weighted by atomic mass is 10.0. The molecule has 2 atom stereocenters. The summed E-state index contributed by atoms with van der Waals surface area (Å²) in [6.45, 7) is 3.57. The van der Waals surface area contributed by atoms with E-state index < -0.39 is 0 Å². The van der Waals surface area contributed by atoms with E-state index in [1.54, 1.807) is 11.8 Å². The van der Waals surface area contributed by atoms with Crippen LogP contribution in [-0.2, 0) is 9.53 Å². The molecule has 2 rings (SSSR count). The Morgan fingerprint density at radius 1 is 1.53 bits per heavy atom. The number of thioether (sulfide) groups is 1. The van der Waals surface area contributed by atoms with E-state index >= 15 is 0 Å². The predicted octanol–water partition coefficient (Wildman–Crippen LogP) is 2.00.